The highest BCUT2D eigenvalue weighted by Gasteiger charge is 2.10. The summed E-state index contributed by atoms with van der Waals surface area (Å²) in [6.07, 6.45) is 1.60. The minimum absolute atomic E-state index is 0.184. The van der Waals surface area contributed by atoms with E-state index in [0.717, 1.165) is 11.3 Å². The molecule has 10 nitrogen and oxygen atoms in total. The zero-order valence-electron chi connectivity index (χ0n) is 17.3. The summed E-state index contributed by atoms with van der Waals surface area (Å²) in [4.78, 5) is 21.7. The van der Waals surface area contributed by atoms with E-state index in [1.54, 1.807) is 12.3 Å². The van der Waals surface area contributed by atoms with E-state index in [-0.39, 0.29) is 5.95 Å². The van der Waals surface area contributed by atoms with E-state index in [4.69, 9.17) is 10.2 Å². The van der Waals surface area contributed by atoms with Crippen molar-refractivity contribution < 1.29 is 4.42 Å². The van der Waals surface area contributed by atoms with Gasteiger partial charge in [-0.05, 0) is 44.2 Å². The summed E-state index contributed by atoms with van der Waals surface area (Å²) >= 11 is 0. The van der Waals surface area contributed by atoms with Crippen molar-refractivity contribution in [2.45, 2.75) is 13.8 Å². The first-order valence-electron chi connectivity index (χ1n) is 9.94. The van der Waals surface area contributed by atoms with Crippen LogP contribution in [0.25, 0.3) is 22.7 Å². The third-order valence-electron chi connectivity index (χ3n) is 4.26. The molecule has 31 heavy (non-hydrogen) atoms. The van der Waals surface area contributed by atoms with Crippen molar-refractivity contribution in [1.82, 2.24) is 24.9 Å². The van der Waals surface area contributed by atoms with Gasteiger partial charge in [0.15, 0.2) is 5.76 Å². The number of rotatable bonds is 8. The minimum atomic E-state index is 0.184. The Morgan fingerprint density at radius 3 is 2.06 bits per heavy atom. The van der Waals surface area contributed by atoms with Crippen LogP contribution in [-0.2, 0) is 0 Å². The zero-order valence-corrected chi connectivity index (χ0v) is 17.3. The monoisotopic (exact) mass is 417 g/mol. The highest BCUT2D eigenvalue weighted by atomic mass is 16.3. The normalized spacial score (nSPS) is 10.6. The van der Waals surface area contributed by atoms with Crippen molar-refractivity contribution >= 4 is 29.5 Å². The van der Waals surface area contributed by atoms with Gasteiger partial charge in [-0.3, -0.25) is 0 Å². The average molecular weight is 417 g/mol. The second-order valence-corrected chi connectivity index (χ2v) is 6.54. The Bertz CT molecular complexity index is 1120. The molecule has 0 bridgehead atoms. The number of nitrogens with zero attached hydrogens (tertiary/aromatic N) is 5. The van der Waals surface area contributed by atoms with Crippen LogP contribution < -0.4 is 21.7 Å². The van der Waals surface area contributed by atoms with E-state index in [0.29, 0.717) is 48.1 Å². The average Bonchev–Trinajstić information content (AvgIpc) is 3.29. The molecule has 0 aliphatic heterocycles. The van der Waals surface area contributed by atoms with E-state index >= 15 is 0 Å². The Kier molecular flexibility index (Phi) is 5.88. The van der Waals surface area contributed by atoms with Gasteiger partial charge in [-0.25, -0.2) is 9.97 Å². The number of nitrogens with one attached hydrogen (secondary N) is 3. The van der Waals surface area contributed by atoms with Crippen LogP contribution in [0.5, 0.6) is 0 Å². The van der Waals surface area contributed by atoms with Gasteiger partial charge in [0.2, 0.25) is 23.8 Å². The first kappa shape index (κ1) is 20.1. The highest BCUT2D eigenvalue weighted by molar-refractivity contribution is 5.69. The lowest BCUT2D eigenvalue weighted by molar-refractivity contribution is 0.580. The lowest BCUT2D eigenvalue weighted by Crippen LogP contribution is -2.10. The van der Waals surface area contributed by atoms with Crippen molar-refractivity contribution in [2.75, 3.05) is 34.8 Å². The van der Waals surface area contributed by atoms with Crippen LogP contribution in [0, 0.1) is 0 Å². The first-order valence-corrected chi connectivity index (χ1v) is 9.94. The van der Waals surface area contributed by atoms with Crippen LogP contribution in [-0.4, -0.2) is 38.0 Å². The summed E-state index contributed by atoms with van der Waals surface area (Å²) in [6, 6.07) is 13.2. The van der Waals surface area contributed by atoms with Crippen LogP contribution >= 0.6 is 0 Å². The molecule has 4 rings (SSSR count). The first-order chi connectivity index (χ1) is 15.1. The van der Waals surface area contributed by atoms with E-state index in [9.17, 15) is 0 Å². The van der Waals surface area contributed by atoms with Crippen molar-refractivity contribution in [3.8, 4) is 22.7 Å². The third-order valence-corrected chi connectivity index (χ3v) is 4.26. The Hall–Kier alpha value is -4.21. The van der Waals surface area contributed by atoms with Gasteiger partial charge in [0.05, 0.1) is 12.0 Å². The minimum Gasteiger partial charge on any atom is -0.463 e. The predicted molar refractivity (Wildman–Crippen MR) is 121 cm³/mol. The molecular weight excluding hydrogens is 394 g/mol. The maximum Gasteiger partial charge on any atom is 0.233 e. The molecule has 3 aromatic heterocycles. The molecule has 0 saturated carbocycles. The van der Waals surface area contributed by atoms with Gasteiger partial charge in [0.25, 0.3) is 0 Å². The number of benzene rings is 1. The Morgan fingerprint density at radius 2 is 1.45 bits per heavy atom. The molecule has 158 valence electrons. The molecule has 0 aliphatic rings. The SMILES string of the molecule is CCNc1nc(NCC)nc(Nc2ccc(-c3cc(-c4ccco4)nc(N)n3)cc2)n1. The van der Waals surface area contributed by atoms with Gasteiger partial charge in [-0.15, -0.1) is 0 Å². The molecule has 5 N–H and O–H groups in total. The number of nitrogens with two attached hydrogens (primary N) is 1. The Balaban J connectivity index is 1.57. The number of furan rings is 1. The molecule has 0 fully saturated rings. The third kappa shape index (κ3) is 4.86. The van der Waals surface area contributed by atoms with Gasteiger partial charge >= 0.3 is 0 Å². The van der Waals surface area contributed by atoms with Gasteiger partial charge < -0.3 is 26.1 Å². The molecule has 0 radical (unpaired) electrons. The van der Waals surface area contributed by atoms with E-state index in [1.807, 2.05) is 50.2 Å². The maximum absolute atomic E-state index is 5.90. The largest absolute Gasteiger partial charge is 0.463 e. The molecule has 0 saturated heterocycles. The van der Waals surface area contributed by atoms with Crippen molar-refractivity contribution in [2.24, 2.45) is 0 Å². The van der Waals surface area contributed by atoms with Crippen LogP contribution in [0.15, 0.2) is 53.1 Å². The summed E-state index contributed by atoms with van der Waals surface area (Å²) in [5, 5.41) is 9.43. The van der Waals surface area contributed by atoms with Gasteiger partial charge in [-0.2, -0.15) is 15.0 Å². The highest BCUT2D eigenvalue weighted by Crippen LogP contribution is 2.26. The molecular formula is C21H23N9O. The van der Waals surface area contributed by atoms with Crippen molar-refractivity contribution in [3.05, 3.63) is 48.7 Å². The van der Waals surface area contributed by atoms with E-state index < -0.39 is 0 Å². The number of nitrogen functional groups attached to an aromatic ring is 1. The van der Waals surface area contributed by atoms with Crippen molar-refractivity contribution in [3.63, 3.8) is 0 Å². The van der Waals surface area contributed by atoms with E-state index in [2.05, 4.69) is 40.9 Å². The fourth-order valence-corrected chi connectivity index (χ4v) is 2.92. The van der Waals surface area contributed by atoms with Gasteiger partial charge in [0, 0.05) is 24.3 Å². The topological polar surface area (TPSA) is 140 Å². The Morgan fingerprint density at radius 1 is 0.806 bits per heavy atom. The summed E-state index contributed by atoms with van der Waals surface area (Å²) < 4.78 is 5.42. The smallest absolute Gasteiger partial charge is 0.233 e. The Labute approximate surface area is 179 Å². The molecule has 3 heterocycles. The summed E-state index contributed by atoms with van der Waals surface area (Å²) in [5.41, 5.74) is 8.96. The maximum atomic E-state index is 5.90. The lowest BCUT2D eigenvalue weighted by Gasteiger charge is -2.10. The van der Waals surface area contributed by atoms with Gasteiger partial charge in [0.1, 0.15) is 5.69 Å². The molecule has 4 aromatic rings. The van der Waals surface area contributed by atoms with E-state index in [1.165, 1.54) is 0 Å². The second-order valence-electron chi connectivity index (χ2n) is 6.54. The summed E-state index contributed by atoms with van der Waals surface area (Å²) in [5.74, 6) is 2.28. The number of hydrogen-bond donors (Lipinski definition) is 4. The van der Waals surface area contributed by atoms with Crippen molar-refractivity contribution in [1.29, 1.82) is 0 Å². The van der Waals surface area contributed by atoms with Crippen LogP contribution in [0.4, 0.5) is 29.5 Å². The zero-order chi connectivity index (χ0) is 21.6. The molecule has 0 spiro atoms. The quantitative estimate of drug-likeness (QED) is 0.335. The molecule has 10 heteroatoms. The lowest BCUT2D eigenvalue weighted by atomic mass is 10.1. The van der Waals surface area contributed by atoms with Crippen LogP contribution in [0.1, 0.15) is 13.8 Å². The molecule has 0 atom stereocenters. The fourth-order valence-electron chi connectivity index (χ4n) is 2.92. The molecule has 0 amide bonds. The molecule has 1 aromatic carbocycles. The molecule has 0 aliphatic carbocycles. The van der Waals surface area contributed by atoms with Gasteiger partial charge in [-0.1, -0.05) is 12.1 Å². The summed E-state index contributed by atoms with van der Waals surface area (Å²) in [7, 11) is 0. The number of anilines is 5. The van der Waals surface area contributed by atoms with Crippen LogP contribution in [0.3, 0.4) is 0 Å². The second kappa shape index (κ2) is 9.08. The number of aromatic nitrogens is 5. The predicted octanol–water partition coefficient (Wildman–Crippen LogP) is 3.78. The fraction of sp³-hybridized carbons (Fsp3) is 0.190. The number of hydrogen-bond acceptors (Lipinski definition) is 10. The molecule has 0 unspecified atom stereocenters. The standard InChI is InChI=1S/C21H23N9O/c1-3-23-19-28-20(24-4-2)30-21(29-19)25-14-9-7-13(8-10-14)15-12-16(27-18(22)26-15)17-6-5-11-31-17/h5-12H,3-4H2,1-2H3,(H2,22,26,27)(H3,23,24,25,28,29,30). The summed E-state index contributed by atoms with van der Waals surface area (Å²) in [6.45, 7) is 5.40. The van der Waals surface area contributed by atoms with Crippen LogP contribution in [0.2, 0.25) is 0 Å².